The molecule has 0 amide bonds. The van der Waals surface area contributed by atoms with Gasteiger partial charge in [-0.3, -0.25) is 14.3 Å². The van der Waals surface area contributed by atoms with E-state index in [1.54, 1.807) is 31.6 Å². The molecular formula is C20H19N3O4S. The van der Waals surface area contributed by atoms with Gasteiger partial charge in [0.1, 0.15) is 16.7 Å². The van der Waals surface area contributed by atoms with Gasteiger partial charge in [0.15, 0.2) is 0 Å². The van der Waals surface area contributed by atoms with Gasteiger partial charge in [-0.2, -0.15) is 0 Å². The van der Waals surface area contributed by atoms with Crippen LogP contribution in [-0.2, 0) is 11.0 Å². The van der Waals surface area contributed by atoms with E-state index < -0.39 is 22.2 Å². The summed E-state index contributed by atoms with van der Waals surface area (Å²) in [5, 5.41) is 0. The quantitative estimate of drug-likeness (QED) is 0.625. The monoisotopic (exact) mass is 397 g/mol. The number of ether oxygens (including phenoxy) is 1. The molecule has 1 unspecified atom stereocenters. The molecule has 2 aromatic carbocycles. The van der Waals surface area contributed by atoms with Crippen molar-refractivity contribution in [3.63, 3.8) is 0 Å². The van der Waals surface area contributed by atoms with E-state index in [1.807, 2.05) is 36.4 Å². The lowest BCUT2D eigenvalue weighted by atomic mass is 10.1. The molecule has 1 heterocycles. The van der Waals surface area contributed by atoms with E-state index in [9.17, 15) is 13.8 Å². The fraction of sp³-hybridized carbons (Fsp3) is 0.100. The molecule has 0 aliphatic heterocycles. The van der Waals surface area contributed by atoms with Gasteiger partial charge >= 0.3 is 5.69 Å². The highest BCUT2D eigenvalue weighted by atomic mass is 32.2. The summed E-state index contributed by atoms with van der Waals surface area (Å²) in [6, 6.07) is 14.1. The maximum Gasteiger partial charge on any atom is 0.332 e. The van der Waals surface area contributed by atoms with E-state index in [0.717, 1.165) is 16.8 Å². The summed E-state index contributed by atoms with van der Waals surface area (Å²) in [4.78, 5) is 25.5. The lowest BCUT2D eigenvalue weighted by Crippen LogP contribution is -2.27. The van der Waals surface area contributed by atoms with Gasteiger partial charge in [-0.1, -0.05) is 24.3 Å². The Morgan fingerprint density at radius 2 is 1.82 bits per heavy atom. The first-order valence-electron chi connectivity index (χ1n) is 8.35. The van der Waals surface area contributed by atoms with Crippen LogP contribution >= 0.6 is 0 Å². The van der Waals surface area contributed by atoms with Crippen molar-refractivity contribution in [1.82, 2.24) is 9.55 Å². The van der Waals surface area contributed by atoms with Crippen LogP contribution in [0.5, 0.6) is 5.75 Å². The zero-order valence-corrected chi connectivity index (χ0v) is 16.2. The predicted molar refractivity (Wildman–Crippen MR) is 112 cm³/mol. The van der Waals surface area contributed by atoms with Gasteiger partial charge in [0, 0.05) is 29.8 Å². The zero-order valence-electron chi connectivity index (χ0n) is 15.3. The SMILES string of the molecule is COc1ccc(-n2ccc(=O)[nH]c2=O)cc1/C=C/c1ccc(NS(C)=O)cc1. The first kappa shape index (κ1) is 19.4. The molecule has 0 aliphatic carbocycles. The molecule has 0 bridgehead atoms. The summed E-state index contributed by atoms with van der Waals surface area (Å²) < 4.78 is 20.8. The van der Waals surface area contributed by atoms with Gasteiger partial charge in [-0.25, -0.2) is 9.00 Å². The highest BCUT2D eigenvalue weighted by molar-refractivity contribution is 7.85. The average Bonchev–Trinajstić information content (AvgIpc) is 2.67. The van der Waals surface area contributed by atoms with E-state index in [0.29, 0.717) is 11.4 Å². The maximum atomic E-state index is 12.0. The minimum absolute atomic E-state index is 0.445. The molecular weight excluding hydrogens is 378 g/mol. The summed E-state index contributed by atoms with van der Waals surface area (Å²) in [7, 11) is 0.453. The van der Waals surface area contributed by atoms with Crippen LogP contribution in [0, 0.1) is 0 Å². The zero-order chi connectivity index (χ0) is 20.1. The van der Waals surface area contributed by atoms with Crippen LogP contribution < -0.4 is 20.7 Å². The number of hydrogen-bond acceptors (Lipinski definition) is 4. The highest BCUT2D eigenvalue weighted by Gasteiger charge is 2.05. The van der Waals surface area contributed by atoms with Crippen molar-refractivity contribution < 1.29 is 8.95 Å². The highest BCUT2D eigenvalue weighted by Crippen LogP contribution is 2.24. The van der Waals surface area contributed by atoms with Crippen LogP contribution in [0.1, 0.15) is 11.1 Å². The largest absolute Gasteiger partial charge is 0.496 e. The van der Waals surface area contributed by atoms with Crippen LogP contribution in [0.25, 0.3) is 17.8 Å². The number of anilines is 1. The van der Waals surface area contributed by atoms with E-state index in [4.69, 9.17) is 4.74 Å². The van der Waals surface area contributed by atoms with Crippen LogP contribution in [-0.4, -0.2) is 27.1 Å². The molecule has 0 radical (unpaired) electrons. The van der Waals surface area contributed by atoms with Crippen LogP contribution in [0.4, 0.5) is 5.69 Å². The summed E-state index contributed by atoms with van der Waals surface area (Å²) in [5.74, 6) is 0.650. The van der Waals surface area contributed by atoms with Gasteiger partial charge in [-0.15, -0.1) is 0 Å². The summed E-state index contributed by atoms with van der Waals surface area (Å²) >= 11 is 0. The van der Waals surface area contributed by atoms with Gasteiger partial charge in [0.25, 0.3) is 5.56 Å². The number of aromatic nitrogens is 2. The van der Waals surface area contributed by atoms with Gasteiger partial charge in [0.05, 0.1) is 12.8 Å². The summed E-state index contributed by atoms with van der Waals surface area (Å²) in [6.07, 6.45) is 6.78. The number of rotatable bonds is 6. The van der Waals surface area contributed by atoms with Crippen molar-refractivity contribution in [2.75, 3.05) is 18.1 Å². The third kappa shape index (κ3) is 4.66. The molecule has 28 heavy (non-hydrogen) atoms. The van der Waals surface area contributed by atoms with Crippen molar-refractivity contribution >= 4 is 28.8 Å². The number of H-pyrrole nitrogens is 1. The molecule has 0 spiro atoms. The molecule has 0 saturated carbocycles. The van der Waals surface area contributed by atoms with Crippen molar-refractivity contribution in [3.05, 3.63) is 86.7 Å². The van der Waals surface area contributed by atoms with Crippen molar-refractivity contribution in [2.45, 2.75) is 0 Å². The maximum absolute atomic E-state index is 12.0. The standard InChI is InChI=1S/C20H19N3O4S/c1-27-18-10-9-17(23-12-11-19(24)21-20(23)25)13-15(18)6-3-14-4-7-16(8-5-14)22-28(2)26/h3-13,22H,1-2H3,(H,21,24,25)/b6-3+. The van der Waals surface area contributed by atoms with Gasteiger partial charge < -0.3 is 9.46 Å². The van der Waals surface area contributed by atoms with Crippen molar-refractivity contribution in [3.8, 4) is 11.4 Å². The van der Waals surface area contributed by atoms with E-state index in [-0.39, 0.29) is 0 Å². The molecule has 3 aromatic rings. The summed E-state index contributed by atoms with van der Waals surface area (Å²) in [6.45, 7) is 0. The Morgan fingerprint density at radius 3 is 2.46 bits per heavy atom. The molecule has 0 fully saturated rings. The first-order valence-corrected chi connectivity index (χ1v) is 9.91. The fourth-order valence-electron chi connectivity index (χ4n) is 2.64. The van der Waals surface area contributed by atoms with Crippen LogP contribution in [0.3, 0.4) is 0 Å². The Labute approximate surface area is 163 Å². The molecule has 1 aromatic heterocycles. The molecule has 8 heteroatoms. The second-order valence-electron chi connectivity index (χ2n) is 5.92. The van der Waals surface area contributed by atoms with Crippen LogP contribution in [0.2, 0.25) is 0 Å². The fourth-order valence-corrected chi connectivity index (χ4v) is 3.10. The predicted octanol–water partition coefficient (Wildman–Crippen LogP) is 2.41. The average molecular weight is 397 g/mol. The number of nitrogens with zero attached hydrogens (tertiary/aromatic N) is 1. The first-order chi connectivity index (χ1) is 13.5. The lowest BCUT2D eigenvalue weighted by Gasteiger charge is -2.09. The lowest BCUT2D eigenvalue weighted by molar-refractivity contribution is 0.414. The van der Waals surface area contributed by atoms with Crippen molar-refractivity contribution in [1.29, 1.82) is 0 Å². The smallest absolute Gasteiger partial charge is 0.332 e. The Morgan fingerprint density at radius 1 is 1.07 bits per heavy atom. The molecule has 3 rings (SSSR count). The molecule has 2 N–H and O–H groups in total. The normalized spacial score (nSPS) is 12.1. The third-order valence-electron chi connectivity index (χ3n) is 3.94. The molecule has 1 atom stereocenters. The Bertz CT molecular complexity index is 1150. The second kappa shape index (κ2) is 8.53. The minimum atomic E-state index is -1.12. The minimum Gasteiger partial charge on any atom is -0.496 e. The Balaban J connectivity index is 1.92. The van der Waals surface area contributed by atoms with E-state index in [2.05, 4.69) is 9.71 Å². The van der Waals surface area contributed by atoms with E-state index >= 15 is 0 Å². The molecule has 144 valence electrons. The van der Waals surface area contributed by atoms with Crippen LogP contribution in [0.15, 0.2) is 64.3 Å². The van der Waals surface area contributed by atoms with Crippen molar-refractivity contribution in [2.24, 2.45) is 0 Å². The van der Waals surface area contributed by atoms with Gasteiger partial charge in [-0.05, 0) is 35.9 Å². The Kier molecular flexibility index (Phi) is 5.90. The number of nitrogens with one attached hydrogen (secondary N) is 2. The molecule has 0 saturated heterocycles. The topological polar surface area (TPSA) is 93.2 Å². The number of benzene rings is 2. The second-order valence-corrected chi connectivity index (χ2v) is 7.03. The number of methoxy groups -OCH3 is 1. The third-order valence-corrected chi connectivity index (χ3v) is 4.47. The number of hydrogen-bond donors (Lipinski definition) is 2. The number of aromatic amines is 1. The Hall–Kier alpha value is -3.39. The molecule has 7 nitrogen and oxygen atoms in total. The summed E-state index contributed by atoms with van der Waals surface area (Å²) in [5.41, 5.74) is 2.14. The molecule has 0 aliphatic rings. The van der Waals surface area contributed by atoms with Gasteiger partial charge in [0.2, 0.25) is 0 Å². The van der Waals surface area contributed by atoms with E-state index in [1.165, 1.54) is 16.8 Å².